The Hall–Kier alpha value is -2.37. The lowest BCUT2D eigenvalue weighted by molar-refractivity contribution is -0.127. The lowest BCUT2D eigenvalue weighted by Crippen LogP contribution is -2.26. The summed E-state index contributed by atoms with van der Waals surface area (Å²) in [5.41, 5.74) is 0.820. The van der Waals surface area contributed by atoms with Gasteiger partial charge in [-0.15, -0.1) is 0 Å². The second kappa shape index (κ2) is 6.60. The van der Waals surface area contributed by atoms with E-state index in [1.807, 2.05) is 17.0 Å². The molecule has 1 aromatic carbocycles. The van der Waals surface area contributed by atoms with Crippen molar-refractivity contribution in [1.29, 1.82) is 0 Å². The number of fused-ring (bicyclic) bond motifs is 1. The first-order valence-corrected chi connectivity index (χ1v) is 7.46. The van der Waals surface area contributed by atoms with E-state index in [1.165, 1.54) is 6.33 Å². The van der Waals surface area contributed by atoms with Crippen LogP contribution in [-0.2, 0) is 4.79 Å². The summed E-state index contributed by atoms with van der Waals surface area (Å²) in [7, 11) is 1.61. The average molecular weight is 301 g/mol. The molecule has 0 atom stereocenters. The number of hydrogen-bond donors (Lipinski definition) is 0. The zero-order valence-electron chi connectivity index (χ0n) is 12.6. The van der Waals surface area contributed by atoms with Crippen molar-refractivity contribution in [2.75, 3.05) is 26.8 Å². The molecule has 0 bridgehead atoms. The highest BCUT2D eigenvalue weighted by Gasteiger charge is 2.19. The van der Waals surface area contributed by atoms with E-state index in [2.05, 4.69) is 9.97 Å². The van der Waals surface area contributed by atoms with Gasteiger partial charge in [-0.2, -0.15) is 0 Å². The average Bonchev–Trinajstić information content (AvgIpc) is 2.96. The summed E-state index contributed by atoms with van der Waals surface area (Å²) in [6.45, 7) is 2.16. The van der Waals surface area contributed by atoms with Gasteiger partial charge in [0, 0.05) is 37.2 Å². The fourth-order valence-electron chi connectivity index (χ4n) is 2.64. The second-order valence-electron chi connectivity index (χ2n) is 5.27. The number of carbonyl (C=O) groups excluding carboxylic acids is 1. The van der Waals surface area contributed by atoms with E-state index in [1.54, 1.807) is 13.3 Å². The zero-order chi connectivity index (χ0) is 15.4. The van der Waals surface area contributed by atoms with Crippen molar-refractivity contribution < 1.29 is 14.3 Å². The van der Waals surface area contributed by atoms with E-state index in [0.717, 1.165) is 36.8 Å². The number of likely N-dealkylation sites (tertiary alicyclic amines) is 1. The Labute approximate surface area is 129 Å². The molecular weight excluding hydrogens is 282 g/mol. The van der Waals surface area contributed by atoms with Crippen LogP contribution in [0.2, 0.25) is 0 Å². The third-order valence-electron chi connectivity index (χ3n) is 3.79. The number of rotatable bonds is 6. The molecule has 1 fully saturated rings. The maximum Gasteiger partial charge on any atom is 0.222 e. The summed E-state index contributed by atoms with van der Waals surface area (Å²) in [6, 6.07) is 3.73. The van der Waals surface area contributed by atoms with Crippen LogP contribution < -0.4 is 9.47 Å². The van der Waals surface area contributed by atoms with E-state index in [-0.39, 0.29) is 5.91 Å². The van der Waals surface area contributed by atoms with Gasteiger partial charge >= 0.3 is 0 Å². The van der Waals surface area contributed by atoms with Crippen molar-refractivity contribution in [3.05, 3.63) is 24.7 Å². The number of hydrogen-bond acceptors (Lipinski definition) is 5. The van der Waals surface area contributed by atoms with Gasteiger partial charge in [-0.3, -0.25) is 4.79 Å². The minimum absolute atomic E-state index is 0.250. The number of methoxy groups -OCH3 is 1. The summed E-state index contributed by atoms with van der Waals surface area (Å²) in [5.74, 6) is 1.58. The Bertz CT molecular complexity index is 675. The van der Waals surface area contributed by atoms with Crippen LogP contribution in [0, 0.1) is 0 Å². The molecule has 0 spiro atoms. The molecule has 1 amide bonds. The number of carbonyl (C=O) groups is 1. The third-order valence-corrected chi connectivity index (χ3v) is 3.79. The zero-order valence-corrected chi connectivity index (χ0v) is 12.6. The largest absolute Gasteiger partial charge is 0.493 e. The topological polar surface area (TPSA) is 64.6 Å². The molecule has 0 unspecified atom stereocenters. The van der Waals surface area contributed by atoms with Crippen LogP contribution in [0.5, 0.6) is 11.5 Å². The Balaban J connectivity index is 1.61. The van der Waals surface area contributed by atoms with Crippen LogP contribution in [0.1, 0.15) is 19.3 Å². The molecule has 2 aromatic rings. The molecule has 6 nitrogen and oxygen atoms in total. The van der Waals surface area contributed by atoms with Crippen LogP contribution in [0.3, 0.4) is 0 Å². The fraction of sp³-hybridized carbons (Fsp3) is 0.438. The summed E-state index contributed by atoms with van der Waals surface area (Å²) >= 11 is 0. The lowest BCUT2D eigenvalue weighted by atomic mass is 10.2. The molecule has 116 valence electrons. The molecule has 0 saturated carbocycles. The van der Waals surface area contributed by atoms with Crippen LogP contribution in [0.25, 0.3) is 10.9 Å². The highest BCUT2D eigenvalue weighted by molar-refractivity contribution is 5.81. The van der Waals surface area contributed by atoms with Crippen molar-refractivity contribution in [3.8, 4) is 11.5 Å². The van der Waals surface area contributed by atoms with Gasteiger partial charge in [0.2, 0.25) is 5.91 Å². The number of ether oxygens (including phenoxy) is 2. The first-order valence-electron chi connectivity index (χ1n) is 7.46. The molecule has 0 radical (unpaired) electrons. The Morgan fingerprint density at radius 2 is 2.23 bits per heavy atom. The molecule has 0 N–H and O–H groups in total. The number of benzene rings is 1. The molecule has 3 rings (SSSR count). The van der Waals surface area contributed by atoms with Gasteiger partial charge in [-0.25, -0.2) is 9.97 Å². The molecule has 2 heterocycles. The van der Waals surface area contributed by atoms with E-state index >= 15 is 0 Å². The summed E-state index contributed by atoms with van der Waals surface area (Å²) in [6.07, 6.45) is 5.71. The molecule has 22 heavy (non-hydrogen) atoms. The molecule has 0 aliphatic carbocycles. The number of nitrogens with zero attached hydrogens (tertiary/aromatic N) is 3. The van der Waals surface area contributed by atoms with Crippen molar-refractivity contribution in [3.63, 3.8) is 0 Å². The Morgan fingerprint density at radius 1 is 1.32 bits per heavy atom. The van der Waals surface area contributed by atoms with E-state index in [4.69, 9.17) is 9.47 Å². The van der Waals surface area contributed by atoms with Crippen LogP contribution >= 0.6 is 0 Å². The van der Waals surface area contributed by atoms with Crippen LogP contribution in [-0.4, -0.2) is 47.6 Å². The Kier molecular flexibility index (Phi) is 4.37. The molecule has 1 aliphatic heterocycles. The molecule has 1 aromatic heterocycles. The third kappa shape index (κ3) is 3.10. The number of amides is 1. The van der Waals surface area contributed by atoms with Gasteiger partial charge in [0.25, 0.3) is 0 Å². The SMILES string of the molecule is COc1cc2cncnc2cc1OCCCN1CCCC1=O. The van der Waals surface area contributed by atoms with Crippen LogP contribution in [0.4, 0.5) is 0 Å². The highest BCUT2D eigenvalue weighted by atomic mass is 16.5. The lowest BCUT2D eigenvalue weighted by Gasteiger charge is -2.16. The molecule has 1 aliphatic rings. The van der Waals surface area contributed by atoms with Gasteiger partial charge in [0.15, 0.2) is 11.5 Å². The Morgan fingerprint density at radius 3 is 3.00 bits per heavy atom. The van der Waals surface area contributed by atoms with Gasteiger partial charge in [-0.1, -0.05) is 0 Å². The maximum absolute atomic E-state index is 11.5. The first kappa shape index (κ1) is 14.6. The van der Waals surface area contributed by atoms with Gasteiger partial charge in [0.1, 0.15) is 6.33 Å². The summed E-state index contributed by atoms with van der Waals surface area (Å²) < 4.78 is 11.2. The summed E-state index contributed by atoms with van der Waals surface area (Å²) in [5, 5.41) is 0.911. The summed E-state index contributed by atoms with van der Waals surface area (Å²) in [4.78, 5) is 21.7. The minimum atomic E-state index is 0.250. The molecule has 6 heteroatoms. The van der Waals surface area contributed by atoms with Crippen LogP contribution in [0.15, 0.2) is 24.7 Å². The van der Waals surface area contributed by atoms with Gasteiger partial charge in [-0.05, 0) is 18.9 Å². The van der Waals surface area contributed by atoms with Gasteiger partial charge < -0.3 is 14.4 Å². The predicted molar refractivity (Wildman–Crippen MR) is 82.0 cm³/mol. The smallest absolute Gasteiger partial charge is 0.222 e. The first-order chi connectivity index (χ1) is 10.8. The quantitative estimate of drug-likeness (QED) is 0.764. The van der Waals surface area contributed by atoms with E-state index < -0.39 is 0 Å². The van der Waals surface area contributed by atoms with Crippen molar-refractivity contribution in [1.82, 2.24) is 14.9 Å². The fourth-order valence-corrected chi connectivity index (χ4v) is 2.64. The maximum atomic E-state index is 11.5. The van der Waals surface area contributed by atoms with E-state index in [0.29, 0.717) is 24.5 Å². The normalized spacial score (nSPS) is 14.6. The molecular formula is C16H19N3O3. The van der Waals surface area contributed by atoms with Crippen molar-refractivity contribution in [2.45, 2.75) is 19.3 Å². The van der Waals surface area contributed by atoms with Gasteiger partial charge in [0.05, 0.1) is 19.2 Å². The minimum Gasteiger partial charge on any atom is -0.493 e. The van der Waals surface area contributed by atoms with Crippen molar-refractivity contribution >= 4 is 16.8 Å². The predicted octanol–water partition coefficient (Wildman–Crippen LogP) is 2.03. The number of aromatic nitrogens is 2. The monoisotopic (exact) mass is 301 g/mol. The van der Waals surface area contributed by atoms with E-state index in [9.17, 15) is 4.79 Å². The molecule has 1 saturated heterocycles. The van der Waals surface area contributed by atoms with Crippen molar-refractivity contribution in [2.24, 2.45) is 0 Å². The second-order valence-corrected chi connectivity index (χ2v) is 5.27. The highest BCUT2D eigenvalue weighted by Crippen LogP contribution is 2.31. The standard InChI is InChI=1S/C16H19N3O3/c1-21-14-8-12-10-17-11-18-13(12)9-15(14)22-7-3-6-19-5-2-4-16(19)20/h8-11H,2-7H2,1H3.